The summed E-state index contributed by atoms with van der Waals surface area (Å²) in [6.07, 6.45) is 6.02. The number of pyridine rings is 1. The Labute approximate surface area is 215 Å². The number of hydrogen-bond donors (Lipinski definition) is 1. The first kappa shape index (κ1) is 25.0. The standard InChI is InChI=1S/C29H41N5O2/c1-23(35)30-27-9-7-24(8-10-27)11-12-32-13-15-33(16-14-32)28-21-26(25-5-3-2-4-6-25)22-29(31-28)34-17-19-36-20-18-34/h2-6,21-22,24,27H,7-20H2,1H3,(H,30,35)/t24-,27-. The van der Waals surface area contributed by atoms with E-state index < -0.39 is 0 Å². The average molecular weight is 492 g/mol. The second kappa shape index (κ2) is 12.1. The number of carbonyl (C=O) groups is 1. The number of piperazine rings is 1. The number of aromatic nitrogens is 1. The third-order valence-corrected chi connectivity index (χ3v) is 8.04. The Kier molecular flexibility index (Phi) is 8.39. The third-order valence-electron chi connectivity index (χ3n) is 8.04. The van der Waals surface area contributed by atoms with Gasteiger partial charge in [0.1, 0.15) is 11.6 Å². The Bertz CT molecular complexity index is 978. The molecule has 3 aliphatic rings. The van der Waals surface area contributed by atoms with Crippen molar-refractivity contribution in [3.63, 3.8) is 0 Å². The van der Waals surface area contributed by atoms with E-state index >= 15 is 0 Å². The summed E-state index contributed by atoms with van der Waals surface area (Å²) in [7, 11) is 0. The van der Waals surface area contributed by atoms with Gasteiger partial charge in [-0.25, -0.2) is 4.98 Å². The van der Waals surface area contributed by atoms with Crippen LogP contribution in [0.4, 0.5) is 11.6 Å². The molecule has 5 rings (SSSR count). The van der Waals surface area contributed by atoms with Gasteiger partial charge < -0.3 is 19.9 Å². The van der Waals surface area contributed by atoms with Crippen LogP contribution in [-0.2, 0) is 9.53 Å². The third kappa shape index (κ3) is 6.56. The number of benzene rings is 1. The maximum Gasteiger partial charge on any atom is 0.217 e. The lowest BCUT2D eigenvalue weighted by Gasteiger charge is -2.37. The Morgan fingerprint density at radius 3 is 2.17 bits per heavy atom. The Morgan fingerprint density at radius 2 is 1.53 bits per heavy atom. The zero-order chi connectivity index (χ0) is 24.7. The summed E-state index contributed by atoms with van der Waals surface area (Å²) in [5.41, 5.74) is 2.47. The minimum atomic E-state index is 0.109. The molecule has 1 aromatic heterocycles. The van der Waals surface area contributed by atoms with E-state index in [0.29, 0.717) is 6.04 Å². The molecular formula is C29H41N5O2. The van der Waals surface area contributed by atoms with E-state index in [1.54, 1.807) is 6.92 Å². The van der Waals surface area contributed by atoms with Gasteiger partial charge >= 0.3 is 0 Å². The molecule has 0 bridgehead atoms. The van der Waals surface area contributed by atoms with Gasteiger partial charge in [0.2, 0.25) is 5.91 Å². The SMILES string of the molecule is CC(=O)N[C@H]1CC[C@H](CCN2CCN(c3cc(-c4ccccc4)cc(N4CCOCC4)n3)CC2)CC1. The molecule has 1 amide bonds. The maximum atomic E-state index is 11.3. The highest BCUT2D eigenvalue weighted by molar-refractivity contribution is 5.73. The molecule has 3 heterocycles. The van der Waals surface area contributed by atoms with E-state index in [0.717, 1.165) is 82.9 Å². The molecule has 3 fully saturated rings. The van der Waals surface area contributed by atoms with Gasteiger partial charge in [0.05, 0.1) is 13.2 Å². The van der Waals surface area contributed by atoms with Gasteiger partial charge in [0.25, 0.3) is 0 Å². The van der Waals surface area contributed by atoms with E-state index in [9.17, 15) is 4.79 Å². The van der Waals surface area contributed by atoms with Crippen LogP contribution in [0.15, 0.2) is 42.5 Å². The molecule has 194 valence electrons. The minimum Gasteiger partial charge on any atom is -0.378 e. The van der Waals surface area contributed by atoms with E-state index in [4.69, 9.17) is 9.72 Å². The fourth-order valence-electron chi connectivity index (χ4n) is 5.86. The van der Waals surface area contributed by atoms with E-state index in [2.05, 4.69) is 62.5 Å². The number of nitrogens with zero attached hydrogens (tertiary/aromatic N) is 4. The zero-order valence-electron chi connectivity index (χ0n) is 21.7. The lowest BCUT2D eigenvalue weighted by molar-refractivity contribution is -0.119. The van der Waals surface area contributed by atoms with Crippen LogP contribution in [0.3, 0.4) is 0 Å². The summed E-state index contributed by atoms with van der Waals surface area (Å²) in [6, 6.07) is 15.5. The fourth-order valence-corrected chi connectivity index (χ4v) is 5.86. The second-order valence-electron chi connectivity index (χ2n) is 10.6. The zero-order valence-corrected chi connectivity index (χ0v) is 21.7. The van der Waals surface area contributed by atoms with Crippen molar-refractivity contribution < 1.29 is 9.53 Å². The predicted octanol–water partition coefficient (Wildman–Crippen LogP) is 3.79. The van der Waals surface area contributed by atoms with Crippen LogP contribution in [-0.4, -0.2) is 80.9 Å². The molecule has 1 saturated carbocycles. The first-order chi connectivity index (χ1) is 17.6. The summed E-state index contributed by atoms with van der Waals surface area (Å²) in [4.78, 5) is 23.9. The van der Waals surface area contributed by atoms with Crippen LogP contribution >= 0.6 is 0 Å². The number of hydrogen-bond acceptors (Lipinski definition) is 6. The normalized spacial score (nSPS) is 23.5. The van der Waals surface area contributed by atoms with E-state index in [-0.39, 0.29) is 5.91 Å². The van der Waals surface area contributed by atoms with Crippen molar-refractivity contribution in [1.82, 2.24) is 15.2 Å². The fraction of sp³-hybridized carbons (Fsp3) is 0.586. The summed E-state index contributed by atoms with van der Waals surface area (Å²) >= 11 is 0. The molecule has 0 spiro atoms. The van der Waals surface area contributed by atoms with E-state index in [1.165, 1.54) is 36.9 Å². The number of ether oxygens (including phenoxy) is 1. The van der Waals surface area contributed by atoms with Crippen LogP contribution in [0, 0.1) is 5.92 Å². The van der Waals surface area contributed by atoms with Crippen LogP contribution in [0.1, 0.15) is 39.0 Å². The van der Waals surface area contributed by atoms with Crippen molar-refractivity contribution in [2.75, 3.05) is 68.8 Å². The molecule has 0 radical (unpaired) electrons. The van der Waals surface area contributed by atoms with Crippen molar-refractivity contribution in [1.29, 1.82) is 0 Å². The summed E-state index contributed by atoms with van der Waals surface area (Å²) < 4.78 is 5.58. The second-order valence-corrected chi connectivity index (χ2v) is 10.6. The number of carbonyl (C=O) groups excluding carboxylic acids is 1. The smallest absolute Gasteiger partial charge is 0.217 e. The Morgan fingerprint density at radius 1 is 0.889 bits per heavy atom. The molecule has 7 nitrogen and oxygen atoms in total. The highest BCUT2D eigenvalue weighted by Gasteiger charge is 2.24. The van der Waals surface area contributed by atoms with Crippen molar-refractivity contribution in [3.8, 4) is 11.1 Å². The van der Waals surface area contributed by atoms with E-state index in [1.807, 2.05) is 0 Å². The largest absolute Gasteiger partial charge is 0.378 e. The van der Waals surface area contributed by atoms with Gasteiger partial charge in [-0.2, -0.15) is 0 Å². The molecular weight excluding hydrogens is 450 g/mol. The van der Waals surface area contributed by atoms with Gasteiger partial charge in [-0.1, -0.05) is 30.3 Å². The predicted molar refractivity (Wildman–Crippen MR) is 146 cm³/mol. The van der Waals surface area contributed by atoms with Gasteiger partial charge in [0.15, 0.2) is 0 Å². The maximum absolute atomic E-state index is 11.3. The molecule has 0 unspecified atom stereocenters. The first-order valence-corrected chi connectivity index (χ1v) is 13.8. The molecule has 1 aliphatic carbocycles. The first-order valence-electron chi connectivity index (χ1n) is 13.8. The number of nitrogens with one attached hydrogen (secondary N) is 1. The van der Waals surface area contributed by atoms with Gasteiger partial charge in [-0.15, -0.1) is 0 Å². The molecule has 2 aromatic rings. The lowest BCUT2D eigenvalue weighted by Crippen LogP contribution is -2.47. The highest BCUT2D eigenvalue weighted by atomic mass is 16.5. The van der Waals surface area contributed by atoms with Crippen LogP contribution in [0.5, 0.6) is 0 Å². The quantitative estimate of drug-likeness (QED) is 0.636. The summed E-state index contributed by atoms with van der Waals surface area (Å²) in [5, 5.41) is 3.10. The van der Waals surface area contributed by atoms with Crippen molar-refractivity contribution in [2.24, 2.45) is 5.92 Å². The molecule has 7 heteroatoms. The molecule has 36 heavy (non-hydrogen) atoms. The van der Waals surface area contributed by atoms with Crippen LogP contribution in [0.2, 0.25) is 0 Å². The van der Waals surface area contributed by atoms with Gasteiger partial charge in [0, 0.05) is 52.2 Å². The number of anilines is 2. The molecule has 1 aromatic carbocycles. The average Bonchev–Trinajstić information content (AvgIpc) is 2.93. The minimum absolute atomic E-state index is 0.109. The van der Waals surface area contributed by atoms with Crippen molar-refractivity contribution in [3.05, 3.63) is 42.5 Å². The molecule has 2 saturated heterocycles. The van der Waals surface area contributed by atoms with Gasteiger partial charge in [-0.05, 0) is 67.8 Å². The van der Waals surface area contributed by atoms with Crippen molar-refractivity contribution >= 4 is 17.5 Å². The Hall–Kier alpha value is -2.64. The molecule has 1 N–H and O–H groups in total. The monoisotopic (exact) mass is 491 g/mol. The summed E-state index contributed by atoms with van der Waals surface area (Å²) in [5.74, 6) is 3.06. The number of rotatable bonds is 7. The van der Waals surface area contributed by atoms with Crippen LogP contribution in [0.25, 0.3) is 11.1 Å². The lowest BCUT2D eigenvalue weighted by atomic mass is 9.84. The van der Waals surface area contributed by atoms with Gasteiger partial charge in [-0.3, -0.25) is 9.69 Å². The number of morpholine rings is 1. The summed E-state index contributed by atoms with van der Waals surface area (Å²) in [6.45, 7) is 10.3. The van der Waals surface area contributed by atoms with Crippen molar-refractivity contribution in [2.45, 2.75) is 45.1 Å². The molecule has 2 aliphatic heterocycles. The highest BCUT2D eigenvalue weighted by Crippen LogP contribution is 2.30. The number of amides is 1. The Balaban J connectivity index is 1.18. The topological polar surface area (TPSA) is 60.9 Å². The van der Waals surface area contributed by atoms with Crippen LogP contribution < -0.4 is 15.1 Å². The molecule has 0 atom stereocenters.